The smallest absolute Gasteiger partial charge is 0.179 e. The predicted molar refractivity (Wildman–Crippen MR) is 641 cm³/mol. The number of para-hydroxylation sites is 3. The molecule has 0 saturated carbocycles. The summed E-state index contributed by atoms with van der Waals surface area (Å²) in [6, 6.07) is 216. The van der Waals surface area contributed by atoms with E-state index in [1.54, 1.807) is 0 Å². The second kappa shape index (κ2) is 44.6. The van der Waals surface area contributed by atoms with E-state index in [9.17, 15) is 0 Å². The van der Waals surface area contributed by atoms with Gasteiger partial charge in [-0.1, -0.05) is 507 Å². The first-order valence-corrected chi connectivity index (χ1v) is 60.1. The average Bonchev–Trinajstić information content (AvgIpc) is 1.61. The summed E-state index contributed by atoms with van der Waals surface area (Å²) in [5.41, 5.74) is 10.5. The van der Waals surface area contributed by atoms with E-state index in [4.69, 9.17) is 33.7 Å². The van der Waals surface area contributed by atoms with E-state index in [2.05, 4.69) is 563 Å². The van der Waals surface area contributed by atoms with Crippen LogP contribution >= 0.6 is 54.2 Å². The molecule has 0 saturated heterocycles. The highest BCUT2D eigenvalue weighted by Crippen LogP contribution is 2.45. The Hall–Kier alpha value is -15.5. The molecule has 6 nitrogen and oxygen atoms in total. The van der Waals surface area contributed by atoms with Gasteiger partial charge in [-0.2, -0.15) is 0 Å². The number of aromatic nitrogens is 3. The minimum absolute atomic E-state index is 0.194. The lowest BCUT2D eigenvalue weighted by Crippen LogP contribution is -2.74. The molecular formula is C133H102BrCl2N3O3P2Si3. The van der Waals surface area contributed by atoms with Crippen molar-refractivity contribution in [3.8, 4) is 17.1 Å². The summed E-state index contributed by atoms with van der Waals surface area (Å²) < 4.78 is 23.9. The third-order valence-corrected chi connectivity index (χ3v) is 48.6. The molecule has 3 aromatic heterocycles. The number of alkyl halides is 2. The van der Waals surface area contributed by atoms with Gasteiger partial charge >= 0.3 is 0 Å². The van der Waals surface area contributed by atoms with Gasteiger partial charge in [0.05, 0.1) is 38.4 Å². The highest BCUT2D eigenvalue weighted by Gasteiger charge is 2.46. The summed E-state index contributed by atoms with van der Waals surface area (Å²) in [7, 11) is -12.1. The predicted octanol–water partition coefficient (Wildman–Crippen LogP) is 24.1. The van der Waals surface area contributed by atoms with Gasteiger partial charge in [0.1, 0.15) is 0 Å². The minimum atomic E-state index is -3.21. The maximum Gasteiger partial charge on any atom is 0.179 e. The first kappa shape index (κ1) is 97.6. The van der Waals surface area contributed by atoms with E-state index in [0.29, 0.717) is 0 Å². The number of rotatable bonds is 21. The molecule has 25 aromatic rings. The number of hydrogen-bond donors (Lipinski definition) is 2. The Labute approximate surface area is 880 Å². The third kappa shape index (κ3) is 18.6. The maximum absolute atomic E-state index is 15.7. The topological polar surface area (TPSA) is 72.3 Å². The van der Waals surface area contributed by atoms with Crippen LogP contribution in [0.5, 0.6) is 0 Å². The van der Waals surface area contributed by atoms with Gasteiger partial charge in [0, 0.05) is 69.8 Å². The van der Waals surface area contributed by atoms with Crippen molar-refractivity contribution >= 4 is 238 Å². The van der Waals surface area contributed by atoms with E-state index in [1.807, 2.05) is 60.7 Å². The number of fused-ring (bicyclic) bond motifs is 9. The van der Waals surface area contributed by atoms with E-state index in [0.717, 1.165) is 47.9 Å². The molecule has 0 aliphatic heterocycles. The van der Waals surface area contributed by atoms with Crippen LogP contribution in [0.1, 0.15) is 0 Å². The fourth-order valence-electron chi connectivity index (χ4n) is 22.1. The van der Waals surface area contributed by atoms with Crippen LogP contribution in [0.25, 0.3) is 82.5 Å². The molecular weight excluding hydrogens is 1980 g/mol. The Morgan fingerprint density at radius 1 is 0.204 bits per heavy atom. The second-order valence-corrected chi connectivity index (χ2v) is 54.3. The van der Waals surface area contributed by atoms with Crippen LogP contribution in [0, 0.1) is 0 Å². The lowest BCUT2D eigenvalue weighted by atomic mass is 10.1. The monoisotopic (exact) mass is 2080 g/mol. The molecule has 14 heteroatoms. The van der Waals surface area contributed by atoms with Gasteiger partial charge in [-0.05, 0) is 189 Å². The second-order valence-electron chi connectivity index (χ2n) is 36.2. The van der Waals surface area contributed by atoms with Crippen molar-refractivity contribution in [2.75, 3.05) is 5.34 Å². The minimum Gasteiger partial charge on any atom is -0.309 e. The normalized spacial score (nSPS) is 11.6. The van der Waals surface area contributed by atoms with Gasteiger partial charge in [-0.3, -0.25) is 10.5 Å². The lowest BCUT2D eigenvalue weighted by Gasteiger charge is -2.34. The Kier molecular flexibility index (Phi) is 29.6. The van der Waals surface area contributed by atoms with Crippen LogP contribution in [-0.4, -0.2) is 53.8 Å². The SMILES string of the molecule is Brc1ccc2c(c1)c1cc([Si](c3ccccc3)(c3ccccc3)c3ccccc3)ccc1n2-c1ccccc1.ClCCl.O=P(c1ccccc1)(c1ccccc1)c1ccc2c(c1)c1cc([Si](c3ccccc3)(c3ccccc3)c3ccccc3)ccc1n2-c1ccccc1.OO.c1ccc(-n2c3ccc(P(c4ccccc4)c4ccccc4)cc3c3cc([Si](c4ccccc4)(c4ccccc4)c4ccccc4)ccc32)cc1. The molecule has 0 radical (unpaired) electrons. The molecule has 0 unspecified atom stereocenters. The van der Waals surface area contributed by atoms with Crippen molar-refractivity contribution in [2.45, 2.75) is 0 Å². The van der Waals surface area contributed by atoms with Gasteiger partial charge in [-0.15, -0.1) is 23.2 Å². The first-order valence-electron chi connectivity index (χ1n) is 49.2. The molecule has 25 rings (SSSR count). The number of halogens is 3. The molecule has 0 bridgehead atoms. The fraction of sp³-hybridized carbons (Fsp3) is 0.00752. The summed E-state index contributed by atoms with van der Waals surface area (Å²) in [5.74, 6) is 0. The maximum atomic E-state index is 15.7. The Bertz CT molecular complexity index is 8430. The zero-order valence-electron chi connectivity index (χ0n) is 80.5. The highest BCUT2D eigenvalue weighted by molar-refractivity contribution is 9.10. The zero-order valence-corrected chi connectivity index (χ0v) is 88.3. The highest BCUT2D eigenvalue weighted by atomic mass is 79.9. The molecule has 0 aliphatic carbocycles. The van der Waals surface area contributed by atoms with Gasteiger partial charge in [0.2, 0.25) is 0 Å². The zero-order chi connectivity index (χ0) is 99.9. The standard InChI is InChI=1S/C48H36NOPSi.C48H36NPSi.C36H26BrNSi.CH2Cl2.H2O2/c50-51(38-21-9-2-10-22-38,39-23-11-3-12-24-39)40-31-33-47-45(35-40)46-36-44(32-34-48(46)49(47)37-19-7-1-8-20-37)52(41-25-13-4-14-26-41,42-27-15-5-16-28-42)43-29-17-6-18-30-43;1-7-19-37(20-8-1)49-47-33-31-40(50(38-21-9-2-10-22-38)39-23-11-3-12-24-39)35-45(47)46-36-44(32-34-48(46)49)51(41-25-13-4-14-26-41,42-27-15-5-16-28-42)43-29-17-6-18-30-43;37-27-21-23-35-33(25-27)34-26-32(22-24-36(34)38(35)28-13-5-1-6-14-28)39(29-15-7-2-8-16-29,30-17-9-3-10-18-30)31-19-11-4-12-20-31;2-1-3;1-2/h1-36H;1-36H;1-26H;1H2;1-2H. The Balaban J connectivity index is 0.000000128. The van der Waals surface area contributed by atoms with E-state index >= 15 is 4.57 Å². The van der Waals surface area contributed by atoms with Gasteiger partial charge in [0.15, 0.2) is 31.4 Å². The largest absolute Gasteiger partial charge is 0.309 e. The van der Waals surface area contributed by atoms with Crippen LogP contribution in [-0.2, 0) is 4.57 Å². The molecule has 3 heterocycles. The first-order chi connectivity index (χ1) is 72.7. The third-order valence-electron chi connectivity index (χ3n) is 28.3. The van der Waals surface area contributed by atoms with Gasteiger partial charge in [0.25, 0.3) is 0 Å². The molecule has 710 valence electrons. The average molecular weight is 2090 g/mol. The van der Waals surface area contributed by atoms with Crippen molar-refractivity contribution in [2.24, 2.45) is 0 Å². The summed E-state index contributed by atoms with van der Waals surface area (Å²) in [6.45, 7) is 0. The van der Waals surface area contributed by atoms with Crippen molar-refractivity contribution in [3.05, 3.63) is 599 Å². The number of nitrogens with zero attached hydrogens (tertiary/aromatic N) is 3. The number of benzene rings is 22. The van der Waals surface area contributed by atoms with E-state index < -0.39 is 39.3 Å². The molecule has 0 fully saturated rings. The van der Waals surface area contributed by atoms with E-state index in [1.165, 1.54) is 133 Å². The molecule has 0 spiro atoms. The summed E-state index contributed by atoms with van der Waals surface area (Å²) >= 11 is 13.3. The van der Waals surface area contributed by atoms with Crippen molar-refractivity contribution < 1.29 is 15.1 Å². The lowest BCUT2D eigenvalue weighted by molar-refractivity contribution is -0.176. The molecule has 0 amide bonds. The van der Waals surface area contributed by atoms with Gasteiger partial charge in [-0.25, -0.2) is 0 Å². The Morgan fingerprint density at radius 2 is 0.401 bits per heavy atom. The van der Waals surface area contributed by atoms with Crippen molar-refractivity contribution in [1.29, 1.82) is 0 Å². The van der Waals surface area contributed by atoms with Crippen molar-refractivity contribution in [1.82, 2.24) is 13.7 Å². The molecule has 0 aliphatic rings. The fourth-order valence-corrected chi connectivity index (χ4v) is 41.8. The van der Waals surface area contributed by atoms with Crippen LogP contribution in [0.2, 0.25) is 0 Å². The molecule has 147 heavy (non-hydrogen) atoms. The van der Waals surface area contributed by atoms with Crippen LogP contribution in [0.4, 0.5) is 0 Å². The number of hydrogen-bond acceptors (Lipinski definition) is 3. The van der Waals surface area contributed by atoms with Crippen LogP contribution in [0.3, 0.4) is 0 Å². The quantitative estimate of drug-likeness (QED) is 0.0188. The van der Waals surface area contributed by atoms with Crippen LogP contribution < -0.4 is 94.1 Å². The summed E-state index contributed by atoms with van der Waals surface area (Å²) in [4.78, 5) is 0. The molecule has 22 aromatic carbocycles. The van der Waals surface area contributed by atoms with Crippen molar-refractivity contribution in [3.63, 3.8) is 0 Å². The van der Waals surface area contributed by atoms with Crippen LogP contribution in [0.15, 0.2) is 599 Å². The summed E-state index contributed by atoms with van der Waals surface area (Å²) in [6.07, 6.45) is 0. The summed E-state index contributed by atoms with van der Waals surface area (Å²) in [5, 5.41) is 42.4. The van der Waals surface area contributed by atoms with E-state index in [-0.39, 0.29) is 5.34 Å². The Morgan fingerprint density at radius 3 is 0.660 bits per heavy atom. The molecule has 0 atom stereocenters. The van der Waals surface area contributed by atoms with Gasteiger partial charge < -0.3 is 18.3 Å². The molecule has 2 N–H and O–H groups in total.